The second-order valence-corrected chi connectivity index (χ2v) is 5.71. The van der Waals surface area contributed by atoms with Crippen LogP contribution in [0.2, 0.25) is 0 Å². The molecule has 1 saturated heterocycles. The maximum Gasteiger partial charge on any atom is 0.271 e. The van der Waals surface area contributed by atoms with E-state index < -0.39 is 0 Å². The maximum atomic E-state index is 11.6. The van der Waals surface area contributed by atoms with Gasteiger partial charge in [0.1, 0.15) is 5.82 Å². The maximum absolute atomic E-state index is 11.6. The first-order valence-corrected chi connectivity index (χ1v) is 7.13. The largest absolute Gasteiger partial charge is 0.276 e. The molecule has 0 aromatic carbocycles. The lowest BCUT2D eigenvalue weighted by Gasteiger charge is -2.19. The molecule has 4 nitrogen and oxygen atoms in total. The number of H-pyrrole nitrogens is 1. The number of nitrogens with one attached hydrogen (secondary N) is 1. The zero-order valence-corrected chi connectivity index (χ0v) is 10.4. The molecule has 1 aliphatic heterocycles. The minimum absolute atomic E-state index is 0.0413. The fraction of sp³-hybridized carbons (Fsp3) is 0.500. The molecule has 90 valence electrons. The molecule has 1 N–H and O–H groups in total. The third-order valence-electron chi connectivity index (χ3n) is 3.25. The molecule has 3 heterocycles. The van der Waals surface area contributed by atoms with Gasteiger partial charge >= 0.3 is 0 Å². The first kappa shape index (κ1) is 10.9. The van der Waals surface area contributed by atoms with E-state index in [-0.39, 0.29) is 5.56 Å². The van der Waals surface area contributed by atoms with Gasteiger partial charge < -0.3 is 0 Å². The summed E-state index contributed by atoms with van der Waals surface area (Å²) in [4.78, 5) is 16.0. The molecular formula is C12H15N3OS. The van der Waals surface area contributed by atoms with Crippen molar-refractivity contribution in [2.24, 2.45) is 5.92 Å². The van der Waals surface area contributed by atoms with Crippen molar-refractivity contribution < 1.29 is 0 Å². The zero-order chi connectivity index (χ0) is 11.7. The van der Waals surface area contributed by atoms with E-state index in [1.807, 2.05) is 17.8 Å². The van der Waals surface area contributed by atoms with Crippen LogP contribution in [0.4, 0.5) is 0 Å². The molecule has 0 atom stereocenters. The van der Waals surface area contributed by atoms with E-state index in [2.05, 4.69) is 10.1 Å². The summed E-state index contributed by atoms with van der Waals surface area (Å²) in [5.74, 6) is 4.16. The van der Waals surface area contributed by atoms with Crippen LogP contribution in [0.1, 0.15) is 18.7 Å². The molecule has 1 aliphatic rings. The van der Waals surface area contributed by atoms with Gasteiger partial charge in [-0.1, -0.05) is 6.07 Å². The highest BCUT2D eigenvalue weighted by atomic mass is 32.2. The van der Waals surface area contributed by atoms with E-state index in [0.29, 0.717) is 5.92 Å². The van der Waals surface area contributed by atoms with Crippen LogP contribution in [0.3, 0.4) is 0 Å². The van der Waals surface area contributed by atoms with Crippen molar-refractivity contribution in [1.82, 2.24) is 14.6 Å². The highest BCUT2D eigenvalue weighted by Crippen LogP contribution is 2.24. The molecule has 0 amide bonds. The summed E-state index contributed by atoms with van der Waals surface area (Å²) in [5, 5.41) is 3.10. The summed E-state index contributed by atoms with van der Waals surface area (Å²) >= 11 is 2.03. The molecule has 3 rings (SSSR count). The van der Waals surface area contributed by atoms with Gasteiger partial charge in [-0.05, 0) is 36.3 Å². The Kier molecular flexibility index (Phi) is 2.93. The molecule has 2 aromatic heterocycles. The molecular weight excluding hydrogens is 234 g/mol. The van der Waals surface area contributed by atoms with Gasteiger partial charge in [-0.2, -0.15) is 11.8 Å². The Bertz CT molecular complexity index is 568. The summed E-state index contributed by atoms with van der Waals surface area (Å²) in [7, 11) is 0. The van der Waals surface area contributed by atoms with E-state index in [1.165, 1.54) is 28.9 Å². The Labute approximate surface area is 103 Å². The Morgan fingerprint density at radius 2 is 2.24 bits per heavy atom. The van der Waals surface area contributed by atoms with Crippen LogP contribution in [0.25, 0.3) is 5.65 Å². The van der Waals surface area contributed by atoms with Crippen molar-refractivity contribution in [2.75, 3.05) is 11.5 Å². The van der Waals surface area contributed by atoms with Gasteiger partial charge in [0.15, 0.2) is 5.65 Å². The van der Waals surface area contributed by atoms with Crippen molar-refractivity contribution >= 4 is 17.4 Å². The molecule has 0 bridgehead atoms. The number of nitrogens with zero attached hydrogens (tertiary/aromatic N) is 2. The predicted molar refractivity (Wildman–Crippen MR) is 69.6 cm³/mol. The van der Waals surface area contributed by atoms with E-state index in [0.717, 1.165) is 17.9 Å². The summed E-state index contributed by atoms with van der Waals surface area (Å²) in [5.41, 5.74) is 0.679. The Hall–Kier alpha value is -1.23. The van der Waals surface area contributed by atoms with Crippen molar-refractivity contribution in [1.29, 1.82) is 0 Å². The first-order chi connectivity index (χ1) is 8.33. The summed E-state index contributed by atoms with van der Waals surface area (Å²) in [6, 6.07) is 5.16. The van der Waals surface area contributed by atoms with E-state index in [4.69, 9.17) is 0 Å². The van der Waals surface area contributed by atoms with Crippen LogP contribution in [-0.4, -0.2) is 26.1 Å². The molecule has 17 heavy (non-hydrogen) atoms. The standard InChI is InChI=1S/C12H15N3OS/c16-12-3-1-2-11-13-10(14-15(11)12)8-9-4-6-17-7-5-9/h1-3,9H,4-8H2,(H,13,14). The lowest BCUT2D eigenvalue weighted by molar-refractivity contribution is 0.476. The van der Waals surface area contributed by atoms with Gasteiger partial charge in [-0.3, -0.25) is 9.89 Å². The monoisotopic (exact) mass is 249 g/mol. The van der Waals surface area contributed by atoms with E-state index in [1.54, 1.807) is 12.1 Å². The van der Waals surface area contributed by atoms with Crippen LogP contribution in [0, 0.1) is 5.92 Å². The quantitative estimate of drug-likeness (QED) is 0.881. The van der Waals surface area contributed by atoms with E-state index in [9.17, 15) is 4.79 Å². The van der Waals surface area contributed by atoms with Crippen LogP contribution in [0.5, 0.6) is 0 Å². The van der Waals surface area contributed by atoms with Crippen LogP contribution in [-0.2, 0) is 6.42 Å². The average molecular weight is 249 g/mol. The summed E-state index contributed by atoms with van der Waals surface area (Å²) < 4.78 is 1.52. The molecule has 0 radical (unpaired) electrons. The number of aromatic amines is 1. The Morgan fingerprint density at radius 3 is 3.00 bits per heavy atom. The number of aromatic nitrogens is 3. The molecule has 2 aromatic rings. The van der Waals surface area contributed by atoms with Gasteiger partial charge in [-0.25, -0.2) is 9.50 Å². The van der Waals surface area contributed by atoms with Crippen LogP contribution >= 0.6 is 11.8 Å². The van der Waals surface area contributed by atoms with Gasteiger partial charge in [-0.15, -0.1) is 0 Å². The lowest BCUT2D eigenvalue weighted by Crippen LogP contribution is -2.14. The fourth-order valence-electron chi connectivity index (χ4n) is 2.29. The Balaban J connectivity index is 1.85. The minimum atomic E-state index is -0.0413. The van der Waals surface area contributed by atoms with E-state index >= 15 is 0 Å². The smallest absolute Gasteiger partial charge is 0.271 e. The van der Waals surface area contributed by atoms with Crippen molar-refractivity contribution in [3.8, 4) is 0 Å². The zero-order valence-electron chi connectivity index (χ0n) is 9.56. The summed E-state index contributed by atoms with van der Waals surface area (Å²) in [6.45, 7) is 0. The number of pyridine rings is 1. The first-order valence-electron chi connectivity index (χ1n) is 5.97. The Morgan fingerprint density at radius 1 is 1.41 bits per heavy atom. The topological polar surface area (TPSA) is 50.2 Å². The fourth-order valence-corrected chi connectivity index (χ4v) is 3.49. The molecule has 0 aliphatic carbocycles. The average Bonchev–Trinajstić information content (AvgIpc) is 2.74. The second-order valence-electron chi connectivity index (χ2n) is 4.49. The van der Waals surface area contributed by atoms with Crippen LogP contribution in [0.15, 0.2) is 23.0 Å². The molecule has 0 spiro atoms. The molecule has 1 fully saturated rings. The van der Waals surface area contributed by atoms with Gasteiger partial charge in [0, 0.05) is 12.5 Å². The highest BCUT2D eigenvalue weighted by molar-refractivity contribution is 7.99. The van der Waals surface area contributed by atoms with Gasteiger partial charge in [0.2, 0.25) is 0 Å². The van der Waals surface area contributed by atoms with Crippen molar-refractivity contribution in [2.45, 2.75) is 19.3 Å². The number of fused-ring (bicyclic) bond motifs is 1. The van der Waals surface area contributed by atoms with Gasteiger partial charge in [0.05, 0.1) is 0 Å². The predicted octanol–water partition coefficient (Wildman–Crippen LogP) is 1.71. The third kappa shape index (κ3) is 2.24. The SMILES string of the molecule is O=c1cccc2nc(CC3CCSCC3)[nH]n12. The minimum Gasteiger partial charge on any atom is -0.276 e. The normalized spacial score (nSPS) is 17.6. The number of thioether (sulfide) groups is 1. The summed E-state index contributed by atoms with van der Waals surface area (Å²) in [6.07, 6.45) is 3.48. The number of hydrogen-bond donors (Lipinski definition) is 1. The lowest BCUT2D eigenvalue weighted by atomic mass is 9.99. The van der Waals surface area contributed by atoms with Crippen LogP contribution < -0.4 is 5.56 Å². The highest BCUT2D eigenvalue weighted by Gasteiger charge is 2.16. The molecule has 0 saturated carbocycles. The molecule has 5 heteroatoms. The molecule has 0 unspecified atom stereocenters. The number of hydrogen-bond acceptors (Lipinski definition) is 3. The van der Waals surface area contributed by atoms with Crippen molar-refractivity contribution in [3.63, 3.8) is 0 Å². The second kappa shape index (κ2) is 4.56. The third-order valence-corrected chi connectivity index (χ3v) is 4.30. The van der Waals surface area contributed by atoms with Gasteiger partial charge in [0.25, 0.3) is 5.56 Å². The van der Waals surface area contributed by atoms with Crippen molar-refractivity contribution in [3.05, 3.63) is 34.4 Å². The number of rotatable bonds is 2.